The molecule has 0 spiro atoms. The number of aromatic nitrogens is 2. The molecule has 0 aliphatic heterocycles. The summed E-state index contributed by atoms with van der Waals surface area (Å²) in [5, 5.41) is 6.98. The zero-order valence-corrected chi connectivity index (χ0v) is 11.6. The Hall–Kier alpha value is -2.01. The lowest BCUT2D eigenvalue weighted by Gasteiger charge is -2.13. The van der Waals surface area contributed by atoms with Gasteiger partial charge in [0, 0.05) is 17.3 Å². The molecule has 100 valence electrons. The zero-order valence-electron chi connectivity index (χ0n) is 10.9. The fraction of sp³-hybridized carbons (Fsp3) is 0.231. The first kappa shape index (κ1) is 13.4. The van der Waals surface area contributed by atoms with E-state index in [2.05, 4.69) is 20.6 Å². The molecule has 5 nitrogen and oxygen atoms in total. The molecule has 0 atom stereocenters. The molecule has 1 aromatic carbocycles. The number of nitrogens with zero attached hydrogens (tertiary/aromatic N) is 2. The van der Waals surface area contributed by atoms with Gasteiger partial charge in [0.25, 0.3) is 0 Å². The summed E-state index contributed by atoms with van der Waals surface area (Å²) in [6, 6.07) is 5.60. The molecule has 0 radical (unpaired) electrons. The van der Waals surface area contributed by atoms with Gasteiger partial charge in [-0.25, -0.2) is 9.97 Å². The molecule has 0 saturated heterocycles. The highest BCUT2D eigenvalue weighted by atomic mass is 35.5. The van der Waals surface area contributed by atoms with Crippen molar-refractivity contribution in [1.82, 2.24) is 9.97 Å². The van der Waals surface area contributed by atoms with Gasteiger partial charge in [-0.3, -0.25) is 0 Å². The molecular formula is C13H16ClN5. The van der Waals surface area contributed by atoms with E-state index in [-0.39, 0.29) is 0 Å². The van der Waals surface area contributed by atoms with Crippen molar-refractivity contribution in [3.63, 3.8) is 0 Å². The van der Waals surface area contributed by atoms with Crippen LogP contribution in [-0.2, 0) is 0 Å². The number of aryl methyl sites for hydroxylation is 1. The van der Waals surface area contributed by atoms with E-state index >= 15 is 0 Å². The molecule has 0 aliphatic carbocycles. The lowest BCUT2D eigenvalue weighted by atomic mass is 10.2. The number of hydrogen-bond donors (Lipinski definition) is 3. The van der Waals surface area contributed by atoms with Crippen LogP contribution in [0, 0.1) is 6.92 Å². The summed E-state index contributed by atoms with van der Waals surface area (Å²) in [7, 11) is 0. The van der Waals surface area contributed by atoms with E-state index in [1.807, 2.05) is 32.0 Å². The Balaban J connectivity index is 2.30. The second-order valence-electron chi connectivity index (χ2n) is 4.10. The number of anilines is 4. The van der Waals surface area contributed by atoms with Crippen molar-refractivity contribution in [1.29, 1.82) is 0 Å². The fourth-order valence-electron chi connectivity index (χ4n) is 1.70. The van der Waals surface area contributed by atoms with Crippen LogP contribution in [-0.4, -0.2) is 16.5 Å². The van der Waals surface area contributed by atoms with Gasteiger partial charge in [0.1, 0.15) is 12.0 Å². The van der Waals surface area contributed by atoms with E-state index in [1.165, 1.54) is 6.33 Å². The number of hydrogen-bond acceptors (Lipinski definition) is 5. The highest BCUT2D eigenvalue weighted by molar-refractivity contribution is 6.30. The van der Waals surface area contributed by atoms with E-state index in [1.54, 1.807) is 0 Å². The number of nitrogen functional groups attached to an aromatic ring is 1. The molecule has 1 aromatic heterocycles. The number of nitrogens with one attached hydrogen (secondary N) is 2. The van der Waals surface area contributed by atoms with Crippen LogP contribution in [0.25, 0.3) is 0 Å². The number of halogens is 1. The minimum atomic E-state index is 0.499. The summed E-state index contributed by atoms with van der Waals surface area (Å²) < 4.78 is 0. The van der Waals surface area contributed by atoms with E-state index in [9.17, 15) is 0 Å². The zero-order chi connectivity index (χ0) is 13.8. The third kappa shape index (κ3) is 3.06. The van der Waals surface area contributed by atoms with Crippen molar-refractivity contribution in [3.8, 4) is 0 Å². The lowest BCUT2D eigenvalue weighted by Crippen LogP contribution is -2.07. The van der Waals surface area contributed by atoms with Crippen LogP contribution in [0.5, 0.6) is 0 Å². The largest absolute Gasteiger partial charge is 0.393 e. The summed E-state index contributed by atoms with van der Waals surface area (Å²) >= 11 is 5.93. The molecule has 0 unspecified atom stereocenters. The Labute approximate surface area is 117 Å². The highest BCUT2D eigenvalue weighted by Crippen LogP contribution is 2.28. The van der Waals surface area contributed by atoms with Crippen molar-refractivity contribution >= 4 is 34.6 Å². The molecule has 19 heavy (non-hydrogen) atoms. The van der Waals surface area contributed by atoms with E-state index in [4.69, 9.17) is 17.3 Å². The molecule has 2 rings (SSSR count). The predicted molar refractivity (Wildman–Crippen MR) is 80.1 cm³/mol. The van der Waals surface area contributed by atoms with Crippen molar-refractivity contribution in [2.45, 2.75) is 13.8 Å². The van der Waals surface area contributed by atoms with Gasteiger partial charge in [-0.2, -0.15) is 0 Å². The van der Waals surface area contributed by atoms with Gasteiger partial charge in [-0.05, 0) is 37.6 Å². The summed E-state index contributed by atoms with van der Waals surface area (Å²) in [6.45, 7) is 4.70. The van der Waals surface area contributed by atoms with Crippen LogP contribution in [0.4, 0.5) is 23.0 Å². The Morgan fingerprint density at radius 3 is 2.68 bits per heavy atom. The van der Waals surface area contributed by atoms with Crippen molar-refractivity contribution < 1.29 is 0 Å². The molecule has 4 N–H and O–H groups in total. The molecule has 1 heterocycles. The van der Waals surface area contributed by atoms with Crippen LogP contribution in [0.2, 0.25) is 5.02 Å². The number of nitrogens with two attached hydrogens (primary N) is 1. The van der Waals surface area contributed by atoms with Crippen LogP contribution >= 0.6 is 11.6 Å². The van der Waals surface area contributed by atoms with Gasteiger partial charge in [0.2, 0.25) is 0 Å². The van der Waals surface area contributed by atoms with Crippen LogP contribution in [0.15, 0.2) is 24.5 Å². The maximum atomic E-state index is 6.02. The van der Waals surface area contributed by atoms with Gasteiger partial charge in [0.15, 0.2) is 11.6 Å². The third-order valence-electron chi connectivity index (χ3n) is 2.67. The average molecular weight is 278 g/mol. The first-order valence-corrected chi connectivity index (χ1v) is 6.37. The van der Waals surface area contributed by atoms with E-state index in [0.29, 0.717) is 22.3 Å². The lowest BCUT2D eigenvalue weighted by molar-refractivity contribution is 1.11. The predicted octanol–water partition coefficient (Wildman–Crippen LogP) is 3.20. The quantitative estimate of drug-likeness (QED) is 0.800. The van der Waals surface area contributed by atoms with Gasteiger partial charge >= 0.3 is 0 Å². The van der Waals surface area contributed by atoms with Gasteiger partial charge in [0.05, 0.1) is 0 Å². The Kier molecular flexibility index (Phi) is 4.06. The SMILES string of the molecule is CCNc1ncnc(Nc2ccc(Cl)cc2C)c1N. The summed E-state index contributed by atoms with van der Waals surface area (Å²) in [5.74, 6) is 1.21. The first-order valence-electron chi connectivity index (χ1n) is 5.99. The maximum Gasteiger partial charge on any atom is 0.159 e. The van der Waals surface area contributed by atoms with Crippen LogP contribution in [0.1, 0.15) is 12.5 Å². The summed E-state index contributed by atoms with van der Waals surface area (Å²) in [4.78, 5) is 8.26. The molecule has 0 bridgehead atoms. The second kappa shape index (κ2) is 5.75. The van der Waals surface area contributed by atoms with Gasteiger partial charge in [-0.15, -0.1) is 0 Å². The smallest absolute Gasteiger partial charge is 0.159 e. The van der Waals surface area contributed by atoms with Gasteiger partial charge in [-0.1, -0.05) is 11.6 Å². The standard InChI is InChI=1S/C13H16ClN5/c1-3-16-12-11(15)13(18-7-17-12)19-10-5-4-9(14)6-8(10)2/h4-7H,3,15H2,1-2H3,(H2,16,17,18,19). The summed E-state index contributed by atoms with van der Waals surface area (Å²) in [6.07, 6.45) is 1.47. The number of benzene rings is 1. The molecule has 0 fully saturated rings. The molecule has 0 aliphatic rings. The number of rotatable bonds is 4. The Morgan fingerprint density at radius 2 is 2.00 bits per heavy atom. The Bertz CT molecular complexity index is 585. The summed E-state index contributed by atoms with van der Waals surface area (Å²) in [5.41, 5.74) is 8.46. The molecular weight excluding hydrogens is 262 g/mol. The molecule has 0 amide bonds. The van der Waals surface area contributed by atoms with Crippen LogP contribution in [0.3, 0.4) is 0 Å². The molecule has 0 saturated carbocycles. The fourth-order valence-corrected chi connectivity index (χ4v) is 1.93. The minimum absolute atomic E-state index is 0.499. The molecule has 2 aromatic rings. The van der Waals surface area contributed by atoms with Crippen LogP contribution < -0.4 is 16.4 Å². The minimum Gasteiger partial charge on any atom is -0.393 e. The average Bonchev–Trinajstić information content (AvgIpc) is 2.37. The third-order valence-corrected chi connectivity index (χ3v) is 2.90. The second-order valence-corrected chi connectivity index (χ2v) is 4.54. The normalized spacial score (nSPS) is 10.3. The monoisotopic (exact) mass is 277 g/mol. The molecule has 6 heteroatoms. The van der Waals surface area contributed by atoms with Crippen molar-refractivity contribution in [2.24, 2.45) is 0 Å². The Morgan fingerprint density at radius 1 is 1.26 bits per heavy atom. The first-order chi connectivity index (χ1) is 9.11. The highest BCUT2D eigenvalue weighted by Gasteiger charge is 2.08. The van der Waals surface area contributed by atoms with Crippen molar-refractivity contribution in [3.05, 3.63) is 35.1 Å². The van der Waals surface area contributed by atoms with E-state index in [0.717, 1.165) is 17.8 Å². The topological polar surface area (TPSA) is 75.9 Å². The van der Waals surface area contributed by atoms with E-state index < -0.39 is 0 Å². The van der Waals surface area contributed by atoms with Crippen molar-refractivity contribution in [2.75, 3.05) is 22.9 Å². The maximum absolute atomic E-state index is 6.02. The van der Waals surface area contributed by atoms with Gasteiger partial charge < -0.3 is 16.4 Å².